The van der Waals surface area contributed by atoms with Crippen LogP contribution in [0, 0.1) is 0 Å². The SMILES string of the molecule is CC(=O)OC(CCOC(O)C(OC(=O)c1ccccc1)C(OC(=O)c1ccccc1)C(CCOC(=O)c1ccccc1)OC(=O)c1ccccc1)C(OC(O)C(OC(=O)c1ccccc1)C(OC(=O)c1ccccc1)C(CCO)OC(=O)c1ccccc1)C(OC(C)=O)C(O)O. The molecule has 0 aliphatic carbocycles. The van der Waals surface area contributed by atoms with Crippen LogP contribution in [-0.2, 0) is 61.7 Å². The molecule has 7 aromatic rings. The molecule has 0 amide bonds. The molecule has 0 saturated carbocycles. The van der Waals surface area contributed by atoms with Gasteiger partial charge < -0.3 is 77.6 Å². The zero-order valence-corrected chi connectivity index (χ0v) is 51.8. The minimum absolute atomic E-state index is 0.0223. The van der Waals surface area contributed by atoms with Crippen molar-refractivity contribution in [2.24, 2.45) is 0 Å². The Labute approximate surface area is 550 Å². The van der Waals surface area contributed by atoms with Crippen molar-refractivity contribution in [3.8, 4) is 0 Å². The predicted octanol–water partition coefficient (Wildman–Crippen LogP) is 6.57. The number of ether oxygens (including phenoxy) is 11. The van der Waals surface area contributed by atoms with Gasteiger partial charge in [-0.1, -0.05) is 127 Å². The molecule has 0 radical (unpaired) electrons. The highest BCUT2D eigenvalue weighted by Gasteiger charge is 2.49. The van der Waals surface area contributed by atoms with Gasteiger partial charge in [-0.05, 0) is 84.9 Å². The van der Waals surface area contributed by atoms with Crippen molar-refractivity contribution >= 4 is 53.7 Å². The summed E-state index contributed by atoms with van der Waals surface area (Å²) in [6.07, 6.45) is -29.5. The standard InChI is InChI=1S/C71H70O25/c1-44(73)88-54(56(59(62(75)76)89-45(2)74)94-71(85)61(96-69(83)52-36-22-9-23-37-52)57(92-66(80)49-30-16-6-17-31-49)53(38-41-72)90-64(78)47-26-12-4-13-27-47)39-43-87-70(84)60(95-68(82)51-34-20-8-21-35-51)58(93-67(81)50-32-18-7-19-33-50)55(91-65(79)48-28-14-5-15-29-48)40-42-86-63(77)46-24-10-3-11-25-46/h3-37,53-62,70-72,75-76,84-85H,38-43H2,1-2H3. The Kier molecular flexibility index (Phi) is 28.4. The average Bonchev–Trinajstić information content (AvgIpc) is 0.831. The first kappa shape index (κ1) is 72.9. The van der Waals surface area contributed by atoms with Gasteiger partial charge in [0, 0.05) is 39.7 Å². The van der Waals surface area contributed by atoms with Crippen molar-refractivity contribution in [3.63, 3.8) is 0 Å². The van der Waals surface area contributed by atoms with Crippen LogP contribution >= 0.6 is 0 Å². The zero-order chi connectivity index (χ0) is 68.9. The molecular formula is C71H70O25. The molecule has 0 bridgehead atoms. The van der Waals surface area contributed by atoms with Gasteiger partial charge in [0.25, 0.3) is 0 Å². The maximum absolute atomic E-state index is 14.3. The Morgan fingerprint density at radius 1 is 0.302 bits per heavy atom. The van der Waals surface area contributed by atoms with Crippen LogP contribution in [-0.4, -0.2) is 173 Å². The lowest BCUT2D eigenvalue weighted by Gasteiger charge is -2.38. The molecule has 11 unspecified atom stereocenters. The minimum atomic E-state index is -2.80. The Bertz CT molecular complexity index is 3600. The molecule has 0 aromatic heterocycles. The number of benzene rings is 7. The molecule has 0 heterocycles. The van der Waals surface area contributed by atoms with E-state index in [1.54, 1.807) is 54.6 Å². The normalized spacial score (nSPS) is 14.5. The molecule has 0 fully saturated rings. The number of aliphatic hydroxyl groups is 5. The number of esters is 9. The maximum Gasteiger partial charge on any atom is 0.338 e. The predicted molar refractivity (Wildman–Crippen MR) is 334 cm³/mol. The molecule has 25 nitrogen and oxygen atoms in total. The second-order valence-electron chi connectivity index (χ2n) is 21.0. The third kappa shape index (κ3) is 22.1. The largest absolute Gasteiger partial charge is 0.462 e. The molecule has 25 heteroatoms. The van der Waals surface area contributed by atoms with E-state index in [0.29, 0.717) is 0 Å². The number of hydrogen-bond acceptors (Lipinski definition) is 25. The average molecular weight is 1320 g/mol. The smallest absolute Gasteiger partial charge is 0.338 e. The number of carbonyl (C=O) groups is 9. The molecule has 11 atom stereocenters. The quantitative estimate of drug-likeness (QED) is 0.0159. The Morgan fingerprint density at radius 3 is 0.906 bits per heavy atom. The summed E-state index contributed by atoms with van der Waals surface area (Å²) in [7, 11) is 0. The van der Waals surface area contributed by atoms with Crippen LogP contribution in [0.4, 0.5) is 0 Å². The molecule has 7 rings (SSSR count). The van der Waals surface area contributed by atoms with Crippen molar-refractivity contribution in [2.45, 2.75) is 107 Å². The van der Waals surface area contributed by atoms with Crippen molar-refractivity contribution < 1.29 is 121 Å². The topological polar surface area (TPSA) is 356 Å². The van der Waals surface area contributed by atoms with Crippen LogP contribution in [0.3, 0.4) is 0 Å². The summed E-state index contributed by atoms with van der Waals surface area (Å²) in [5, 5.41) is 57.5. The van der Waals surface area contributed by atoms with Crippen molar-refractivity contribution in [2.75, 3.05) is 19.8 Å². The molecule has 0 aliphatic rings. The monoisotopic (exact) mass is 1320 g/mol. The van der Waals surface area contributed by atoms with Gasteiger partial charge in [-0.25, -0.2) is 33.6 Å². The maximum atomic E-state index is 14.3. The van der Waals surface area contributed by atoms with Gasteiger partial charge >= 0.3 is 53.7 Å². The fourth-order valence-electron chi connectivity index (χ4n) is 9.55. The first-order valence-electron chi connectivity index (χ1n) is 30.0. The Morgan fingerprint density at radius 2 is 0.583 bits per heavy atom. The Balaban J connectivity index is 1.30. The first-order chi connectivity index (χ1) is 46.3. The number of hydrogen-bond donors (Lipinski definition) is 5. The van der Waals surface area contributed by atoms with Gasteiger partial charge in [0.2, 0.25) is 0 Å². The third-order valence-corrected chi connectivity index (χ3v) is 14.1. The summed E-state index contributed by atoms with van der Waals surface area (Å²) in [5.74, 6) is -9.98. The van der Waals surface area contributed by atoms with E-state index in [-0.39, 0.29) is 38.9 Å². The van der Waals surface area contributed by atoms with Crippen LogP contribution in [0.2, 0.25) is 0 Å². The van der Waals surface area contributed by atoms with Gasteiger partial charge in [0.1, 0.15) is 24.4 Å². The van der Waals surface area contributed by atoms with E-state index < -0.39 is 167 Å². The van der Waals surface area contributed by atoms with Crippen molar-refractivity contribution in [1.29, 1.82) is 0 Å². The molecule has 0 spiro atoms. The molecule has 0 saturated heterocycles. The highest BCUT2D eigenvalue weighted by molar-refractivity contribution is 5.93. The van der Waals surface area contributed by atoms with E-state index in [4.69, 9.17) is 52.1 Å². The van der Waals surface area contributed by atoms with Gasteiger partial charge in [-0.3, -0.25) is 9.59 Å². The van der Waals surface area contributed by atoms with E-state index >= 15 is 0 Å². The summed E-state index contributed by atoms with van der Waals surface area (Å²) in [6.45, 7) is -0.568. The van der Waals surface area contributed by atoms with E-state index in [2.05, 4.69) is 0 Å². The lowest BCUT2D eigenvalue weighted by molar-refractivity contribution is -0.275. The van der Waals surface area contributed by atoms with Gasteiger partial charge in [0.05, 0.1) is 52.2 Å². The number of aliphatic hydroxyl groups excluding tert-OH is 4. The van der Waals surface area contributed by atoms with Crippen LogP contribution in [0.5, 0.6) is 0 Å². The van der Waals surface area contributed by atoms with E-state index in [1.807, 2.05) is 0 Å². The summed E-state index contributed by atoms with van der Waals surface area (Å²) in [4.78, 5) is 124. The molecule has 504 valence electrons. The van der Waals surface area contributed by atoms with Gasteiger partial charge in [0.15, 0.2) is 49.4 Å². The summed E-state index contributed by atoms with van der Waals surface area (Å²) in [6, 6.07) is 51.4. The van der Waals surface area contributed by atoms with E-state index in [1.165, 1.54) is 158 Å². The van der Waals surface area contributed by atoms with Crippen LogP contribution < -0.4 is 0 Å². The number of carbonyl (C=O) groups excluding carboxylic acids is 9. The highest BCUT2D eigenvalue weighted by Crippen LogP contribution is 2.30. The van der Waals surface area contributed by atoms with E-state index in [0.717, 1.165) is 13.8 Å². The second kappa shape index (κ2) is 37.4. The molecule has 5 N–H and O–H groups in total. The van der Waals surface area contributed by atoms with Crippen LogP contribution in [0.25, 0.3) is 0 Å². The summed E-state index contributed by atoms with van der Waals surface area (Å²) < 4.78 is 64.4. The molecule has 7 aromatic carbocycles. The zero-order valence-electron chi connectivity index (χ0n) is 51.8. The molecule has 0 aliphatic heterocycles. The highest BCUT2D eigenvalue weighted by atomic mass is 16.7. The summed E-state index contributed by atoms with van der Waals surface area (Å²) in [5.41, 5.74) is -0.432. The van der Waals surface area contributed by atoms with E-state index in [9.17, 15) is 68.7 Å². The van der Waals surface area contributed by atoms with Crippen molar-refractivity contribution in [1.82, 2.24) is 0 Å². The molecular weight excluding hydrogens is 1250 g/mol. The minimum Gasteiger partial charge on any atom is -0.462 e. The number of rotatable bonds is 35. The fraction of sp³-hybridized carbons (Fsp3) is 0.282. The molecule has 96 heavy (non-hydrogen) atoms. The first-order valence-corrected chi connectivity index (χ1v) is 30.0. The third-order valence-electron chi connectivity index (χ3n) is 14.1. The van der Waals surface area contributed by atoms with Crippen LogP contribution in [0.1, 0.15) is 106 Å². The fourth-order valence-corrected chi connectivity index (χ4v) is 9.55. The lowest BCUT2D eigenvalue weighted by atomic mass is 10.0. The lowest BCUT2D eigenvalue weighted by Crippen LogP contribution is -2.56. The Hall–Kier alpha value is -10.5. The van der Waals surface area contributed by atoms with Crippen molar-refractivity contribution in [3.05, 3.63) is 251 Å². The van der Waals surface area contributed by atoms with Gasteiger partial charge in [-0.15, -0.1) is 0 Å². The summed E-state index contributed by atoms with van der Waals surface area (Å²) >= 11 is 0. The second-order valence-corrected chi connectivity index (χ2v) is 21.0. The van der Waals surface area contributed by atoms with Crippen LogP contribution in [0.15, 0.2) is 212 Å². The van der Waals surface area contributed by atoms with Gasteiger partial charge in [-0.2, -0.15) is 0 Å².